The summed E-state index contributed by atoms with van der Waals surface area (Å²) in [7, 11) is -2.60. The molecule has 6 heteroatoms. The van der Waals surface area contributed by atoms with Gasteiger partial charge >= 0.3 is 94.4 Å². The Bertz CT molecular complexity index is 151. The number of hydrogen-bond donors (Lipinski definition) is 0. The third-order valence-corrected chi connectivity index (χ3v) is 55.1. The summed E-state index contributed by atoms with van der Waals surface area (Å²) >= 11 is 5.96. The zero-order valence-electron chi connectivity index (χ0n) is 8.08. The average Bonchev–Trinajstić information content (AvgIpc) is 1.44. The predicted molar refractivity (Wildman–Crippen MR) is 69.3 cm³/mol. The Balaban J connectivity index is 2.81. The Labute approximate surface area is 93.3 Å². The quantitative estimate of drug-likeness (QED) is 0.524. The van der Waals surface area contributed by atoms with E-state index >= 15 is 0 Å². The van der Waals surface area contributed by atoms with Gasteiger partial charge in [-0.25, -0.2) is 0 Å². The van der Waals surface area contributed by atoms with Crippen molar-refractivity contribution >= 4 is 56.0 Å². The fraction of sp³-hybridized carbons (Fsp3) is 1.00. The minimum atomic E-state index is -1.96. The molecule has 0 N–H and O–H groups in total. The van der Waals surface area contributed by atoms with Gasteiger partial charge in [0.2, 0.25) is 0 Å². The van der Waals surface area contributed by atoms with E-state index < -0.39 is 30.6 Å². The molecule has 0 aliphatic carbocycles. The van der Waals surface area contributed by atoms with Crippen molar-refractivity contribution in [2.75, 3.05) is 0 Å². The Hall–Kier alpha value is 2.15. The van der Waals surface area contributed by atoms with E-state index in [2.05, 4.69) is 51.6 Å². The average molecular weight is 439 g/mol. The second-order valence-corrected chi connectivity index (χ2v) is 51.8. The summed E-state index contributed by atoms with van der Waals surface area (Å²) in [4.78, 5) is 0. The van der Waals surface area contributed by atoms with Gasteiger partial charge in [-0.2, -0.15) is 0 Å². The molecule has 1 nitrogen and oxygen atoms in total. The van der Waals surface area contributed by atoms with Crippen molar-refractivity contribution < 1.29 is 4.12 Å². The molecule has 0 aromatic rings. The van der Waals surface area contributed by atoms with E-state index in [9.17, 15) is 0 Å². The fourth-order valence-electron chi connectivity index (χ4n) is 2.13. The molecule has 1 fully saturated rings. The van der Waals surface area contributed by atoms with E-state index in [1.54, 1.807) is 0 Å². The summed E-state index contributed by atoms with van der Waals surface area (Å²) in [5, 5.41) is 0. The van der Waals surface area contributed by atoms with Crippen LogP contribution in [0.3, 0.4) is 0 Å². The zero-order valence-corrected chi connectivity index (χ0v) is 16.1. The molecule has 1 saturated heterocycles. The van der Waals surface area contributed by atoms with E-state index in [0.717, 1.165) is 0 Å². The first-order chi connectivity index (χ1) is 5.12. The summed E-state index contributed by atoms with van der Waals surface area (Å²) in [6, 6.07) is 0. The van der Waals surface area contributed by atoms with E-state index in [1.807, 2.05) is 0 Å². The van der Waals surface area contributed by atoms with E-state index in [1.165, 1.54) is 8.12 Å². The Morgan fingerprint density at radius 1 is 1.00 bits per heavy atom. The third-order valence-electron chi connectivity index (χ3n) is 1.92. The van der Waals surface area contributed by atoms with Crippen molar-refractivity contribution in [3.63, 3.8) is 0 Å². The van der Waals surface area contributed by atoms with Crippen LogP contribution < -0.4 is 0 Å². The van der Waals surface area contributed by atoms with Gasteiger partial charge in [0.15, 0.2) is 0 Å². The molecule has 1 aliphatic heterocycles. The molecule has 1 heterocycles. The number of rotatable bonds is 0. The van der Waals surface area contributed by atoms with Gasteiger partial charge in [-0.3, -0.25) is 0 Å². The van der Waals surface area contributed by atoms with E-state index in [4.69, 9.17) is 4.12 Å². The van der Waals surface area contributed by atoms with Gasteiger partial charge in [-0.1, -0.05) is 0 Å². The molecule has 0 atom stereocenters. The van der Waals surface area contributed by atoms with E-state index in [-0.39, 0.29) is 0 Å². The summed E-state index contributed by atoms with van der Waals surface area (Å²) < 4.78 is 9.01. The molecule has 0 saturated carbocycles. The van der Waals surface area contributed by atoms with Gasteiger partial charge in [0.05, 0.1) is 0 Å². The molecule has 12 heavy (non-hydrogen) atoms. The molecule has 0 bridgehead atoms. The van der Waals surface area contributed by atoms with Crippen LogP contribution in [0.4, 0.5) is 0 Å². The van der Waals surface area contributed by atoms with Gasteiger partial charge in [-0.05, 0) is 0 Å². The van der Waals surface area contributed by atoms with Crippen molar-refractivity contribution in [3.8, 4) is 0 Å². The molecule has 1 aliphatic rings. The van der Waals surface area contributed by atoms with Crippen LogP contribution in [-0.2, 0) is 4.12 Å². The van der Waals surface area contributed by atoms with Gasteiger partial charge in [0.25, 0.3) is 0 Å². The topological polar surface area (TPSA) is 9.23 Å². The summed E-state index contributed by atoms with van der Waals surface area (Å²) in [6.07, 6.45) is 0. The summed E-state index contributed by atoms with van der Waals surface area (Å²) in [5.74, 6) is 0. The van der Waals surface area contributed by atoms with Crippen LogP contribution in [0.5, 0.6) is 0 Å². The van der Waals surface area contributed by atoms with Crippen molar-refractivity contribution in [2.24, 2.45) is 0 Å². The zero-order chi connectivity index (χ0) is 9.62. The van der Waals surface area contributed by atoms with Crippen LogP contribution in [0.25, 0.3) is 0 Å². The minimum absolute atomic E-state index is 1.30. The molecule has 0 unspecified atom stereocenters. The van der Waals surface area contributed by atoms with Gasteiger partial charge < -0.3 is 0 Å². The van der Waals surface area contributed by atoms with Crippen molar-refractivity contribution in [1.82, 2.24) is 0 Å². The molecule has 72 valence electrons. The maximum absolute atomic E-state index is 6.27. The maximum atomic E-state index is 6.27. The van der Waals surface area contributed by atoms with E-state index in [0.29, 0.717) is 0 Å². The Morgan fingerprint density at radius 2 is 1.33 bits per heavy atom. The SMILES string of the molecule is C[Si]1(C)[CH2][Sn]([Br])([Br])[CH2][Si](C)(C)O1. The van der Waals surface area contributed by atoms with Crippen molar-refractivity contribution in [3.05, 3.63) is 0 Å². The monoisotopic (exact) mass is 438 g/mol. The first-order valence-electron chi connectivity index (χ1n) is 4.20. The van der Waals surface area contributed by atoms with Crippen LogP contribution in [0.2, 0.25) is 34.3 Å². The second-order valence-electron chi connectivity index (χ2n) is 4.83. The summed E-state index contributed by atoms with van der Waals surface area (Å²) in [5.41, 5.74) is 0. The van der Waals surface area contributed by atoms with Crippen molar-refractivity contribution in [2.45, 2.75) is 34.3 Å². The van der Waals surface area contributed by atoms with Crippen LogP contribution in [0.1, 0.15) is 0 Å². The van der Waals surface area contributed by atoms with Crippen LogP contribution in [0.15, 0.2) is 0 Å². The third kappa shape index (κ3) is 3.72. The van der Waals surface area contributed by atoms with Gasteiger partial charge in [0.1, 0.15) is 0 Å². The molecule has 0 amide bonds. The molecule has 0 radical (unpaired) electrons. The molecule has 0 aromatic heterocycles. The molecular formula is C6H16Br2OSi2Sn. The molecule has 0 aromatic carbocycles. The first-order valence-corrected chi connectivity index (χ1v) is 27.3. The number of hydrogen-bond acceptors (Lipinski definition) is 1. The van der Waals surface area contributed by atoms with Gasteiger partial charge in [-0.15, -0.1) is 0 Å². The van der Waals surface area contributed by atoms with Crippen molar-refractivity contribution in [1.29, 1.82) is 0 Å². The normalized spacial score (nSPS) is 31.5. The second kappa shape index (κ2) is 3.62. The molecule has 1 rings (SSSR count). The Kier molecular flexibility index (Phi) is 3.69. The first kappa shape index (κ1) is 12.2. The van der Waals surface area contributed by atoms with Gasteiger partial charge in [0, 0.05) is 0 Å². The van der Waals surface area contributed by atoms with Crippen LogP contribution >= 0.6 is 25.4 Å². The summed E-state index contributed by atoms with van der Waals surface area (Å²) in [6.45, 7) is 9.43. The standard InChI is InChI=1S/C6H16OSi2.2BrH.Sn/c1-8(2,3)7-9(4,5)6;;;/h1,4H2,2-3,5-6H3;2*1H;/q;;;+2/p-2. The fourth-order valence-corrected chi connectivity index (χ4v) is 94.3. The number of halogens is 2. The van der Waals surface area contributed by atoms with Crippen LogP contribution in [-0.4, -0.2) is 30.6 Å². The predicted octanol–water partition coefficient (Wildman–Crippen LogP) is 3.74. The Morgan fingerprint density at radius 3 is 1.58 bits per heavy atom. The molecule has 0 spiro atoms. The molecular weight excluding hydrogens is 423 g/mol. The van der Waals surface area contributed by atoms with Crippen LogP contribution in [0, 0.1) is 0 Å².